The van der Waals surface area contributed by atoms with Gasteiger partial charge >= 0.3 is 5.63 Å². The fraction of sp³-hybridized carbons (Fsp3) is 0.273. The Bertz CT molecular complexity index is 1100. The van der Waals surface area contributed by atoms with E-state index in [2.05, 4.69) is 11.4 Å². The van der Waals surface area contributed by atoms with Crippen LogP contribution in [0.15, 0.2) is 45.6 Å². The predicted octanol–water partition coefficient (Wildman–Crippen LogP) is 4.63. The second kappa shape index (κ2) is 8.07. The molecule has 3 aromatic rings. The number of nitrogens with one attached hydrogen (secondary N) is 1. The summed E-state index contributed by atoms with van der Waals surface area (Å²) in [6, 6.07) is 10.6. The maximum absolute atomic E-state index is 12.3. The van der Waals surface area contributed by atoms with Crippen LogP contribution in [-0.4, -0.2) is 12.5 Å². The number of halogens is 1. The number of hydrogen-bond acceptors (Lipinski definition) is 4. The van der Waals surface area contributed by atoms with E-state index >= 15 is 0 Å². The van der Waals surface area contributed by atoms with Crippen LogP contribution in [0.2, 0.25) is 5.02 Å². The van der Waals surface area contributed by atoms with Gasteiger partial charge in [0.05, 0.1) is 11.1 Å². The van der Waals surface area contributed by atoms with Crippen molar-refractivity contribution in [3.05, 3.63) is 74.1 Å². The summed E-state index contributed by atoms with van der Waals surface area (Å²) in [6.07, 6.45) is 0. The van der Waals surface area contributed by atoms with E-state index in [0.29, 0.717) is 10.6 Å². The molecule has 0 spiro atoms. The van der Waals surface area contributed by atoms with Crippen LogP contribution >= 0.6 is 11.6 Å². The number of fused-ring (bicyclic) bond motifs is 1. The first kappa shape index (κ1) is 20.0. The minimum atomic E-state index is -0.446. The lowest BCUT2D eigenvalue weighted by Gasteiger charge is -2.16. The molecule has 0 aliphatic heterocycles. The van der Waals surface area contributed by atoms with Crippen LogP contribution in [0.3, 0.4) is 0 Å². The van der Waals surface area contributed by atoms with Gasteiger partial charge in [-0.3, -0.25) is 4.79 Å². The Morgan fingerprint density at radius 1 is 1.11 bits per heavy atom. The molecule has 0 fully saturated rings. The molecular formula is C22H22ClNO4. The van der Waals surface area contributed by atoms with Gasteiger partial charge in [-0.15, -0.1) is 0 Å². The van der Waals surface area contributed by atoms with E-state index < -0.39 is 5.63 Å². The first-order valence-corrected chi connectivity index (χ1v) is 9.35. The molecule has 1 N–H and O–H groups in total. The van der Waals surface area contributed by atoms with Gasteiger partial charge in [0.25, 0.3) is 5.91 Å². The molecule has 0 aliphatic carbocycles. The van der Waals surface area contributed by atoms with Crippen molar-refractivity contribution in [2.45, 2.75) is 33.7 Å². The number of benzene rings is 2. The molecule has 3 rings (SSSR count). The topological polar surface area (TPSA) is 68.5 Å². The molecule has 28 heavy (non-hydrogen) atoms. The molecule has 5 nitrogen and oxygen atoms in total. The first-order chi connectivity index (χ1) is 13.2. The third-order valence-corrected chi connectivity index (χ3v) is 5.07. The third kappa shape index (κ3) is 4.37. The first-order valence-electron chi connectivity index (χ1n) is 8.98. The summed E-state index contributed by atoms with van der Waals surface area (Å²) in [5.74, 6) is 0.0180. The number of hydrogen-bond donors (Lipinski definition) is 1. The molecule has 1 atom stereocenters. The standard InChI is InChI=1S/C22H22ClNO4/c1-12-5-6-16(7-13(12)2)15(4)24-21(25)11-27-20-10-19-17(9-18(20)23)14(3)8-22(26)28-19/h5-10,15H,11H2,1-4H3,(H,24,25). The summed E-state index contributed by atoms with van der Waals surface area (Å²) in [7, 11) is 0. The van der Waals surface area contributed by atoms with Crippen molar-refractivity contribution in [3.8, 4) is 5.75 Å². The van der Waals surface area contributed by atoms with Gasteiger partial charge < -0.3 is 14.5 Å². The second-order valence-electron chi connectivity index (χ2n) is 6.95. The van der Waals surface area contributed by atoms with E-state index in [1.807, 2.05) is 32.9 Å². The van der Waals surface area contributed by atoms with Gasteiger partial charge in [0.15, 0.2) is 6.61 Å². The highest BCUT2D eigenvalue weighted by atomic mass is 35.5. The molecule has 1 amide bonds. The molecule has 6 heteroatoms. The molecule has 0 aliphatic rings. The second-order valence-corrected chi connectivity index (χ2v) is 7.36. The Labute approximate surface area is 168 Å². The zero-order valence-electron chi connectivity index (χ0n) is 16.3. The Kier molecular flexibility index (Phi) is 5.75. The van der Waals surface area contributed by atoms with Crippen molar-refractivity contribution in [3.63, 3.8) is 0 Å². The quantitative estimate of drug-likeness (QED) is 0.635. The Morgan fingerprint density at radius 3 is 2.57 bits per heavy atom. The molecule has 2 aromatic carbocycles. The normalized spacial score (nSPS) is 12.0. The maximum atomic E-state index is 12.3. The number of carbonyl (C=O) groups is 1. The Balaban J connectivity index is 1.69. The zero-order valence-corrected chi connectivity index (χ0v) is 17.0. The van der Waals surface area contributed by atoms with Gasteiger partial charge in [0, 0.05) is 17.5 Å². The number of carbonyl (C=O) groups excluding carboxylic acids is 1. The molecular weight excluding hydrogens is 378 g/mol. The lowest BCUT2D eigenvalue weighted by Crippen LogP contribution is -2.31. The molecule has 0 bridgehead atoms. The SMILES string of the molecule is Cc1ccc(C(C)NC(=O)COc2cc3oc(=O)cc(C)c3cc2Cl)cc1C. The average Bonchev–Trinajstić information content (AvgIpc) is 2.63. The van der Waals surface area contributed by atoms with E-state index in [1.165, 1.54) is 23.3 Å². The smallest absolute Gasteiger partial charge is 0.336 e. The molecule has 1 unspecified atom stereocenters. The summed E-state index contributed by atoms with van der Waals surface area (Å²) < 4.78 is 10.8. The van der Waals surface area contributed by atoms with Crippen LogP contribution in [0.1, 0.15) is 35.2 Å². The van der Waals surface area contributed by atoms with Crippen molar-refractivity contribution in [2.24, 2.45) is 0 Å². The highest BCUT2D eigenvalue weighted by Crippen LogP contribution is 2.31. The van der Waals surface area contributed by atoms with Gasteiger partial charge in [0.1, 0.15) is 11.3 Å². The predicted molar refractivity (Wildman–Crippen MR) is 110 cm³/mol. The van der Waals surface area contributed by atoms with Crippen molar-refractivity contribution < 1.29 is 13.9 Å². The molecule has 146 valence electrons. The van der Waals surface area contributed by atoms with E-state index in [-0.39, 0.29) is 24.3 Å². The van der Waals surface area contributed by atoms with Crippen LogP contribution in [-0.2, 0) is 4.79 Å². The molecule has 0 radical (unpaired) electrons. The van der Waals surface area contributed by atoms with E-state index in [0.717, 1.165) is 16.5 Å². The summed E-state index contributed by atoms with van der Waals surface area (Å²) in [6.45, 7) is 7.61. The summed E-state index contributed by atoms with van der Waals surface area (Å²) in [5, 5.41) is 3.98. The molecule has 1 heterocycles. The summed E-state index contributed by atoms with van der Waals surface area (Å²) in [4.78, 5) is 23.8. The lowest BCUT2D eigenvalue weighted by molar-refractivity contribution is -0.123. The zero-order chi connectivity index (χ0) is 20.4. The molecule has 0 saturated heterocycles. The summed E-state index contributed by atoms with van der Waals surface area (Å²) >= 11 is 6.26. The van der Waals surface area contributed by atoms with E-state index in [1.54, 1.807) is 13.0 Å². The van der Waals surface area contributed by atoms with Crippen LogP contribution in [0, 0.1) is 20.8 Å². The lowest BCUT2D eigenvalue weighted by atomic mass is 10.0. The van der Waals surface area contributed by atoms with Gasteiger partial charge in [-0.05, 0) is 56.0 Å². The van der Waals surface area contributed by atoms with Gasteiger partial charge in [-0.25, -0.2) is 4.79 Å². The minimum absolute atomic E-state index is 0.150. The van der Waals surface area contributed by atoms with E-state index in [4.69, 9.17) is 20.8 Å². The molecule has 1 aromatic heterocycles. The fourth-order valence-corrected chi connectivity index (χ4v) is 3.19. The van der Waals surface area contributed by atoms with Gasteiger partial charge in [-0.2, -0.15) is 0 Å². The Morgan fingerprint density at radius 2 is 1.86 bits per heavy atom. The van der Waals surface area contributed by atoms with Crippen LogP contribution in [0.25, 0.3) is 11.0 Å². The highest BCUT2D eigenvalue weighted by Gasteiger charge is 2.13. The highest BCUT2D eigenvalue weighted by molar-refractivity contribution is 6.32. The maximum Gasteiger partial charge on any atom is 0.336 e. The van der Waals surface area contributed by atoms with Crippen LogP contribution < -0.4 is 15.7 Å². The van der Waals surface area contributed by atoms with Gasteiger partial charge in [-0.1, -0.05) is 29.8 Å². The van der Waals surface area contributed by atoms with Gasteiger partial charge in [0.2, 0.25) is 0 Å². The number of aryl methyl sites for hydroxylation is 3. The largest absolute Gasteiger partial charge is 0.482 e. The molecule has 0 saturated carbocycles. The minimum Gasteiger partial charge on any atom is -0.482 e. The van der Waals surface area contributed by atoms with E-state index in [9.17, 15) is 9.59 Å². The monoisotopic (exact) mass is 399 g/mol. The number of ether oxygens (including phenoxy) is 1. The van der Waals surface area contributed by atoms with Crippen LogP contribution in [0.4, 0.5) is 0 Å². The fourth-order valence-electron chi connectivity index (χ4n) is 2.97. The van der Waals surface area contributed by atoms with Crippen molar-refractivity contribution in [1.29, 1.82) is 0 Å². The Hall–Kier alpha value is -2.79. The summed E-state index contributed by atoms with van der Waals surface area (Å²) in [5.41, 5.74) is 4.09. The average molecular weight is 400 g/mol. The number of amides is 1. The van der Waals surface area contributed by atoms with Crippen molar-refractivity contribution in [2.75, 3.05) is 6.61 Å². The van der Waals surface area contributed by atoms with Crippen molar-refractivity contribution in [1.82, 2.24) is 5.32 Å². The van der Waals surface area contributed by atoms with Crippen LogP contribution in [0.5, 0.6) is 5.75 Å². The third-order valence-electron chi connectivity index (χ3n) is 4.77. The van der Waals surface area contributed by atoms with Crippen molar-refractivity contribution >= 4 is 28.5 Å². The number of rotatable bonds is 5.